The summed E-state index contributed by atoms with van der Waals surface area (Å²) in [4.78, 5) is 21.6. The highest BCUT2D eigenvalue weighted by Crippen LogP contribution is 2.16. The summed E-state index contributed by atoms with van der Waals surface area (Å²) in [5.41, 5.74) is 0.549. The van der Waals surface area contributed by atoms with Gasteiger partial charge in [0.2, 0.25) is 5.91 Å². The molecular weight excluding hydrogens is 210 g/mol. The lowest BCUT2D eigenvalue weighted by molar-refractivity contribution is -0.148. The standard InChI is InChI=1S/C11H13NO4/c1-7(13)12-9(10(14)11(15)16)8-5-3-2-4-6-8/h2-6,9-10,14H,1H3,(H,12,13)(H,15,16). The van der Waals surface area contributed by atoms with Gasteiger partial charge in [-0.1, -0.05) is 30.3 Å². The molecule has 0 bridgehead atoms. The van der Waals surface area contributed by atoms with Gasteiger partial charge in [0.1, 0.15) is 0 Å². The monoisotopic (exact) mass is 223 g/mol. The second kappa shape index (κ2) is 5.27. The molecule has 1 rings (SSSR count). The van der Waals surface area contributed by atoms with Crippen molar-refractivity contribution >= 4 is 11.9 Å². The maximum Gasteiger partial charge on any atom is 0.335 e. The maximum absolute atomic E-state index is 10.9. The molecular formula is C11H13NO4. The summed E-state index contributed by atoms with van der Waals surface area (Å²) in [6.45, 7) is 1.27. The normalized spacial score (nSPS) is 13.9. The van der Waals surface area contributed by atoms with Crippen LogP contribution in [-0.2, 0) is 9.59 Å². The number of amides is 1. The lowest BCUT2D eigenvalue weighted by atomic mass is 10.0. The molecule has 5 heteroatoms. The second-order valence-electron chi connectivity index (χ2n) is 3.37. The number of hydrogen-bond acceptors (Lipinski definition) is 3. The third-order valence-electron chi connectivity index (χ3n) is 2.09. The zero-order valence-corrected chi connectivity index (χ0v) is 8.75. The molecule has 0 saturated carbocycles. The van der Waals surface area contributed by atoms with Crippen LogP contribution in [0.5, 0.6) is 0 Å². The molecule has 0 aliphatic heterocycles. The van der Waals surface area contributed by atoms with Crippen molar-refractivity contribution in [1.82, 2.24) is 5.32 Å². The molecule has 0 heterocycles. The molecule has 1 aromatic rings. The van der Waals surface area contributed by atoms with Crippen molar-refractivity contribution in [2.24, 2.45) is 0 Å². The number of hydrogen-bond donors (Lipinski definition) is 3. The molecule has 0 spiro atoms. The average molecular weight is 223 g/mol. The van der Waals surface area contributed by atoms with Crippen molar-refractivity contribution in [1.29, 1.82) is 0 Å². The molecule has 1 amide bonds. The minimum Gasteiger partial charge on any atom is -0.479 e. The lowest BCUT2D eigenvalue weighted by Gasteiger charge is -2.20. The molecule has 0 aliphatic carbocycles. The summed E-state index contributed by atoms with van der Waals surface area (Å²) in [7, 11) is 0. The molecule has 2 unspecified atom stereocenters. The Morgan fingerprint density at radius 1 is 1.25 bits per heavy atom. The van der Waals surface area contributed by atoms with E-state index < -0.39 is 24.0 Å². The summed E-state index contributed by atoms with van der Waals surface area (Å²) < 4.78 is 0. The Morgan fingerprint density at radius 3 is 2.25 bits per heavy atom. The molecule has 0 saturated heterocycles. The lowest BCUT2D eigenvalue weighted by Crippen LogP contribution is -2.39. The smallest absolute Gasteiger partial charge is 0.335 e. The number of aliphatic hydroxyl groups excluding tert-OH is 1. The highest BCUT2D eigenvalue weighted by molar-refractivity contribution is 5.77. The van der Waals surface area contributed by atoms with E-state index in [0.717, 1.165) is 0 Å². The fourth-order valence-corrected chi connectivity index (χ4v) is 1.37. The van der Waals surface area contributed by atoms with Crippen LogP contribution < -0.4 is 5.32 Å². The Morgan fingerprint density at radius 2 is 1.81 bits per heavy atom. The molecule has 86 valence electrons. The Bertz CT molecular complexity index is 377. The van der Waals surface area contributed by atoms with Gasteiger partial charge in [-0.15, -0.1) is 0 Å². The van der Waals surface area contributed by atoms with Crippen molar-refractivity contribution in [3.8, 4) is 0 Å². The van der Waals surface area contributed by atoms with Gasteiger partial charge < -0.3 is 15.5 Å². The zero-order valence-electron chi connectivity index (χ0n) is 8.75. The van der Waals surface area contributed by atoms with Crippen LogP contribution in [0.3, 0.4) is 0 Å². The molecule has 5 nitrogen and oxygen atoms in total. The van der Waals surface area contributed by atoms with Gasteiger partial charge in [-0.3, -0.25) is 4.79 Å². The van der Waals surface area contributed by atoms with Gasteiger partial charge in [-0.2, -0.15) is 0 Å². The van der Waals surface area contributed by atoms with Gasteiger partial charge in [0.05, 0.1) is 6.04 Å². The van der Waals surface area contributed by atoms with E-state index in [1.807, 2.05) is 0 Å². The van der Waals surface area contributed by atoms with E-state index in [2.05, 4.69) is 5.32 Å². The maximum atomic E-state index is 10.9. The third kappa shape index (κ3) is 3.06. The first kappa shape index (κ1) is 12.2. The molecule has 0 radical (unpaired) electrons. The highest BCUT2D eigenvalue weighted by atomic mass is 16.4. The largest absolute Gasteiger partial charge is 0.479 e. The van der Waals surface area contributed by atoms with Crippen LogP contribution in [0, 0.1) is 0 Å². The summed E-state index contributed by atoms with van der Waals surface area (Å²) >= 11 is 0. The van der Waals surface area contributed by atoms with Crippen LogP contribution >= 0.6 is 0 Å². The molecule has 2 atom stereocenters. The number of aliphatic carboxylic acids is 1. The summed E-state index contributed by atoms with van der Waals surface area (Å²) in [5.74, 6) is -1.77. The van der Waals surface area contributed by atoms with Crippen LogP contribution in [0.15, 0.2) is 30.3 Å². The van der Waals surface area contributed by atoms with E-state index in [4.69, 9.17) is 5.11 Å². The van der Waals surface area contributed by atoms with Crippen LogP contribution in [0.1, 0.15) is 18.5 Å². The van der Waals surface area contributed by atoms with E-state index in [9.17, 15) is 14.7 Å². The predicted octanol–water partition coefficient (Wildman–Crippen LogP) is 0.309. The van der Waals surface area contributed by atoms with Crippen molar-refractivity contribution in [2.45, 2.75) is 19.1 Å². The Kier molecular flexibility index (Phi) is 4.02. The first-order chi connectivity index (χ1) is 7.52. The molecule has 0 fully saturated rings. The van der Waals surface area contributed by atoms with Gasteiger partial charge in [-0.05, 0) is 5.56 Å². The highest BCUT2D eigenvalue weighted by Gasteiger charge is 2.27. The summed E-state index contributed by atoms with van der Waals surface area (Å²) in [5, 5.41) is 20.6. The average Bonchev–Trinajstić information content (AvgIpc) is 2.26. The zero-order chi connectivity index (χ0) is 12.1. The van der Waals surface area contributed by atoms with Gasteiger partial charge in [-0.25, -0.2) is 4.79 Å². The van der Waals surface area contributed by atoms with Crippen LogP contribution in [0.2, 0.25) is 0 Å². The Hall–Kier alpha value is -1.88. The van der Waals surface area contributed by atoms with Crippen molar-refractivity contribution in [3.05, 3.63) is 35.9 Å². The van der Waals surface area contributed by atoms with Crippen molar-refractivity contribution in [3.63, 3.8) is 0 Å². The summed E-state index contributed by atoms with van der Waals surface area (Å²) in [6, 6.07) is 7.54. The van der Waals surface area contributed by atoms with Crippen LogP contribution in [0.25, 0.3) is 0 Å². The van der Waals surface area contributed by atoms with Gasteiger partial charge >= 0.3 is 5.97 Å². The number of rotatable bonds is 4. The molecule has 3 N–H and O–H groups in total. The van der Waals surface area contributed by atoms with Gasteiger partial charge in [0.15, 0.2) is 6.10 Å². The molecule has 0 aromatic heterocycles. The quantitative estimate of drug-likeness (QED) is 0.685. The number of benzene rings is 1. The fourth-order valence-electron chi connectivity index (χ4n) is 1.37. The SMILES string of the molecule is CC(=O)NC(c1ccccc1)C(O)C(=O)O. The second-order valence-corrected chi connectivity index (χ2v) is 3.37. The molecule has 16 heavy (non-hydrogen) atoms. The Labute approximate surface area is 92.7 Å². The topological polar surface area (TPSA) is 86.6 Å². The predicted molar refractivity (Wildman–Crippen MR) is 56.6 cm³/mol. The minimum absolute atomic E-state index is 0.394. The van der Waals surface area contributed by atoms with Crippen molar-refractivity contribution < 1.29 is 19.8 Å². The fraction of sp³-hybridized carbons (Fsp3) is 0.273. The first-order valence-corrected chi connectivity index (χ1v) is 4.75. The first-order valence-electron chi connectivity index (χ1n) is 4.75. The van der Waals surface area contributed by atoms with Crippen LogP contribution in [-0.4, -0.2) is 28.2 Å². The van der Waals surface area contributed by atoms with Crippen LogP contribution in [0.4, 0.5) is 0 Å². The van der Waals surface area contributed by atoms with Gasteiger partial charge in [0.25, 0.3) is 0 Å². The molecule has 1 aromatic carbocycles. The van der Waals surface area contributed by atoms with E-state index in [1.165, 1.54) is 6.92 Å². The number of carboxylic acids is 1. The molecule has 0 aliphatic rings. The number of carbonyl (C=O) groups is 2. The van der Waals surface area contributed by atoms with E-state index in [-0.39, 0.29) is 0 Å². The van der Waals surface area contributed by atoms with E-state index in [1.54, 1.807) is 30.3 Å². The van der Waals surface area contributed by atoms with E-state index in [0.29, 0.717) is 5.56 Å². The van der Waals surface area contributed by atoms with Crippen molar-refractivity contribution in [2.75, 3.05) is 0 Å². The minimum atomic E-state index is -1.66. The van der Waals surface area contributed by atoms with Gasteiger partial charge in [0, 0.05) is 6.92 Å². The third-order valence-corrected chi connectivity index (χ3v) is 2.09. The Balaban J connectivity index is 2.96. The van der Waals surface area contributed by atoms with E-state index >= 15 is 0 Å². The summed E-state index contributed by atoms with van der Waals surface area (Å²) in [6.07, 6.45) is -1.66. The number of carboxylic acid groups (broad SMARTS) is 1. The number of carbonyl (C=O) groups excluding carboxylic acids is 1. The number of aliphatic hydroxyl groups is 1. The number of nitrogens with one attached hydrogen (secondary N) is 1.